The Bertz CT molecular complexity index is 2330. The lowest BCUT2D eigenvalue weighted by Gasteiger charge is -2.34. The minimum absolute atomic E-state index is 0.257. The second-order valence-electron chi connectivity index (χ2n) is 11.2. The zero-order chi connectivity index (χ0) is 26.2. The van der Waals surface area contributed by atoms with Gasteiger partial charge >= 0.3 is 0 Å². The molecule has 0 heteroatoms. The first-order chi connectivity index (χ1) is 19.8. The number of benzene rings is 7. The highest BCUT2D eigenvalue weighted by Gasteiger charge is 2.32. The van der Waals surface area contributed by atoms with Gasteiger partial charge in [-0.3, -0.25) is 0 Å². The second kappa shape index (κ2) is 8.28. The second-order valence-corrected chi connectivity index (χ2v) is 11.2. The van der Waals surface area contributed by atoms with Crippen LogP contribution in [0.4, 0.5) is 0 Å². The Balaban J connectivity index is 1.45. The highest BCUT2D eigenvalue weighted by molar-refractivity contribution is 6.25. The average molecular weight is 507 g/mol. The first-order valence-electron chi connectivity index (χ1n) is 14.2. The molecule has 2 unspecified atom stereocenters. The monoisotopic (exact) mass is 506 g/mol. The molecular formula is C40H26. The van der Waals surface area contributed by atoms with Crippen molar-refractivity contribution in [2.45, 2.75) is 0 Å². The third-order valence-electron chi connectivity index (χ3n) is 9.17. The maximum Gasteiger partial charge on any atom is 0.0137 e. The Kier molecular flexibility index (Phi) is 4.54. The van der Waals surface area contributed by atoms with Crippen molar-refractivity contribution in [2.24, 2.45) is 11.8 Å². The molecule has 40 heavy (non-hydrogen) atoms. The van der Waals surface area contributed by atoms with Crippen LogP contribution in [-0.4, -0.2) is 0 Å². The van der Waals surface area contributed by atoms with Crippen molar-refractivity contribution < 1.29 is 0 Å². The summed E-state index contributed by atoms with van der Waals surface area (Å²) in [5.74, 6) is 0.525. The molecule has 0 nitrogen and oxygen atoms in total. The summed E-state index contributed by atoms with van der Waals surface area (Å²) in [5, 5.41) is 13.3. The van der Waals surface area contributed by atoms with Crippen LogP contribution >= 0.6 is 0 Å². The minimum atomic E-state index is 0.257. The van der Waals surface area contributed by atoms with Crippen molar-refractivity contribution in [3.8, 4) is 0 Å². The van der Waals surface area contributed by atoms with Crippen molar-refractivity contribution >= 4 is 54.2 Å². The van der Waals surface area contributed by atoms with E-state index >= 15 is 0 Å². The van der Waals surface area contributed by atoms with Crippen molar-refractivity contribution in [1.29, 1.82) is 0 Å². The molecule has 2 aliphatic carbocycles. The molecule has 0 radical (unpaired) electrons. The summed E-state index contributed by atoms with van der Waals surface area (Å²) in [7, 11) is 0. The van der Waals surface area contributed by atoms with Crippen LogP contribution < -0.4 is 10.4 Å². The van der Waals surface area contributed by atoms with E-state index in [0.717, 1.165) is 0 Å². The highest BCUT2D eigenvalue weighted by atomic mass is 14.4. The van der Waals surface area contributed by atoms with E-state index in [-0.39, 0.29) is 11.8 Å². The number of rotatable bonds is 2. The lowest BCUT2D eigenvalue weighted by molar-refractivity contribution is 0.687. The van der Waals surface area contributed by atoms with E-state index in [0.29, 0.717) is 0 Å². The van der Waals surface area contributed by atoms with Crippen LogP contribution in [0.25, 0.3) is 54.2 Å². The normalized spacial score (nSPS) is 18.2. The van der Waals surface area contributed by atoms with Crippen molar-refractivity contribution in [1.82, 2.24) is 0 Å². The van der Waals surface area contributed by atoms with E-state index < -0.39 is 0 Å². The van der Waals surface area contributed by atoms with Gasteiger partial charge in [0, 0.05) is 11.8 Å². The van der Waals surface area contributed by atoms with Crippen LogP contribution in [0.15, 0.2) is 146 Å². The van der Waals surface area contributed by atoms with Crippen molar-refractivity contribution in [3.05, 3.63) is 167 Å². The van der Waals surface area contributed by atoms with Gasteiger partial charge in [-0.1, -0.05) is 133 Å². The van der Waals surface area contributed by atoms with Gasteiger partial charge in [0.05, 0.1) is 0 Å². The fourth-order valence-corrected chi connectivity index (χ4v) is 7.48. The molecule has 0 heterocycles. The summed E-state index contributed by atoms with van der Waals surface area (Å²) in [6.07, 6.45) is 9.33. The molecule has 7 aromatic carbocycles. The van der Waals surface area contributed by atoms with Gasteiger partial charge in [0.1, 0.15) is 0 Å². The third kappa shape index (κ3) is 3.02. The molecule has 0 aliphatic heterocycles. The maximum atomic E-state index is 2.46. The van der Waals surface area contributed by atoms with E-state index in [9.17, 15) is 0 Å². The minimum Gasteiger partial charge on any atom is -0.0760 e. The fraction of sp³-hybridized carbons (Fsp3) is 0.0500. The SMILES string of the molecule is C1=CC2C(c3ccc4ccccc4c3)=c3ccccc3=C(c3cc4cccc5ccc6cccc3c6c54)C2C=C1. The van der Waals surface area contributed by atoms with Crippen LogP contribution in [0.2, 0.25) is 0 Å². The number of allylic oxidation sites excluding steroid dienone is 4. The van der Waals surface area contributed by atoms with Crippen LogP contribution in [-0.2, 0) is 0 Å². The van der Waals surface area contributed by atoms with Crippen LogP contribution in [0, 0.1) is 11.8 Å². The molecule has 2 atom stereocenters. The lowest BCUT2D eigenvalue weighted by atomic mass is 9.69. The lowest BCUT2D eigenvalue weighted by Crippen LogP contribution is -2.40. The Morgan fingerprint density at radius 1 is 0.400 bits per heavy atom. The summed E-state index contributed by atoms with van der Waals surface area (Å²) in [6.45, 7) is 0. The van der Waals surface area contributed by atoms with Crippen molar-refractivity contribution in [2.75, 3.05) is 0 Å². The predicted molar refractivity (Wildman–Crippen MR) is 170 cm³/mol. The van der Waals surface area contributed by atoms with Gasteiger partial charge in [-0.15, -0.1) is 0 Å². The largest absolute Gasteiger partial charge is 0.0760 e. The first kappa shape index (κ1) is 21.9. The molecule has 7 aromatic rings. The Hall–Kier alpha value is -4.94. The van der Waals surface area contributed by atoms with Crippen LogP contribution in [0.3, 0.4) is 0 Å². The Labute approximate surface area is 232 Å². The quantitative estimate of drug-likeness (QED) is 0.206. The first-order valence-corrected chi connectivity index (χ1v) is 14.2. The third-order valence-corrected chi connectivity index (χ3v) is 9.17. The maximum absolute atomic E-state index is 2.46. The predicted octanol–water partition coefficient (Wildman–Crippen LogP) is 8.51. The summed E-state index contributed by atoms with van der Waals surface area (Å²) in [4.78, 5) is 0. The highest BCUT2D eigenvalue weighted by Crippen LogP contribution is 2.45. The number of hydrogen-bond acceptors (Lipinski definition) is 0. The van der Waals surface area contributed by atoms with Gasteiger partial charge < -0.3 is 0 Å². The van der Waals surface area contributed by atoms with Gasteiger partial charge in [-0.05, 0) is 87.9 Å². The molecule has 0 amide bonds. The Morgan fingerprint density at radius 3 is 1.82 bits per heavy atom. The molecule has 0 saturated carbocycles. The topological polar surface area (TPSA) is 0 Å². The van der Waals surface area contributed by atoms with Gasteiger partial charge in [-0.25, -0.2) is 0 Å². The van der Waals surface area contributed by atoms with Gasteiger partial charge in [-0.2, -0.15) is 0 Å². The average Bonchev–Trinajstić information content (AvgIpc) is 3.02. The van der Waals surface area contributed by atoms with Crippen LogP contribution in [0.1, 0.15) is 11.1 Å². The fourth-order valence-electron chi connectivity index (χ4n) is 7.48. The van der Waals surface area contributed by atoms with E-state index in [1.807, 2.05) is 0 Å². The van der Waals surface area contributed by atoms with E-state index in [1.165, 1.54) is 75.8 Å². The standard InChI is InChI=1S/C40H26/c1-2-10-28-23-30(22-19-25(28)9-1)38-31-14-3-5-16-33(31)40(34-17-6-4-15-32(34)38)36-24-29-13-7-11-26-20-21-27-12-8-18-35(36)39(27)37(26)29/h1-24,31,33H. The van der Waals surface area contributed by atoms with Crippen molar-refractivity contribution in [3.63, 3.8) is 0 Å². The summed E-state index contributed by atoms with van der Waals surface area (Å²) in [5.41, 5.74) is 5.53. The van der Waals surface area contributed by atoms with E-state index in [4.69, 9.17) is 0 Å². The number of hydrogen-bond donors (Lipinski definition) is 0. The summed E-state index contributed by atoms with van der Waals surface area (Å²) >= 11 is 0. The zero-order valence-electron chi connectivity index (χ0n) is 22.0. The molecule has 0 bridgehead atoms. The van der Waals surface area contributed by atoms with Crippen LogP contribution in [0.5, 0.6) is 0 Å². The molecule has 9 rings (SSSR count). The zero-order valence-corrected chi connectivity index (χ0v) is 22.0. The molecular weight excluding hydrogens is 480 g/mol. The summed E-state index contributed by atoms with van der Waals surface area (Å²) in [6, 6.07) is 45.3. The van der Waals surface area contributed by atoms with Gasteiger partial charge in [0.25, 0.3) is 0 Å². The molecule has 0 fully saturated rings. The summed E-state index contributed by atoms with van der Waals surface area (Å²) < 4.78 is 0. The molecule has 0 saturated heterocycles. The van der Waals surface area contributed by atoms with E-state index in [2.05, 4.69) is 146 Å². The molecule has 0 aromatic heterocycles. The molecule has 0 N–H and O–H groups in total. The molecule has 0 spiro atoms. The molecule has 2 aliphatic rings. The number of fused-ring (bicyclic) bond motifs is 3. The van der Waals surface area contributed by atoms with E-state index in [1.54, 1.807) is 0 Å². The molecule has 186 valence electrons. The van der Waals surface area contributed by atoms with Gasteiger partial charge in [0.2, 0.25) is 0 Å². The van der Waals surface area contributed by atoms with Gasteiger partial charge in [0.15, 0.2) is 0 Å². The smallest absolute Gasteiger partial charge is 0.0137 e. The Morgan fingerprint density at radius 2 is 1.00 bits per heavy atom.